The second-order valence-corrected chi connectivity index (χ2v) is 5.36. The molecule has 0 bridgehead atoms. The summed E-state index contributed by atoms with van der Waals surface area (Å²) in [6.45, 7) is 2.70. The number of methoxy groups -OCH3 is 1. The van der Waals surface area contributed by atoms with Gasteiger partial charge in [0, 0.05) is 5.69 Å². The van der Waals surface area contributed by atoms with E-state index in [9.17, 15) is 4.79 Å². The number of carbonyl (C=O) groups excluding carboxylic acids is 1. The maximum atomic E-state index is 12.2. The monoisotopic (exact) mass is 312 g/mol. The first kappa shape index (κ1) is 15.2. The molecule has 2 N–H and O–H groups in total. The van der Waals surface area contributed by atoms with Crippen molar-refractivity contribution in [3.8, 4) is 11.5 Å². The smallest absolute Gasteiger partial charge is 0.255 e. The van der Waals surface area contributed by atoms with Gasteiger partial charge in [0.1, 0.15) is 6.17 Å². The Kier molecular flexibility index (Phi) is 4.37. The summed E-state index contributed by atoms with van der Waals surface area (Å²) in [5.41, 5.74) is 2.39. The number of hydrogen-bond donors (Lipinski definition) is 2. The lowest BCUT2D eigenvalue weighted by Crippen LogP contribution is -2.38. The predicted molar refractivity (Wildman–Crippen MR) is 89.1 cm³/mol. The fraction of sp³-hybridized carbons (Fsp3) is 0.278. The molecule has 0 radical (unpaired) electrons. The van der Waals surface area contributed by atoms with Crippen molar-refractivity contribution < 1.29 is 14.3 Å². The number of amides is 1. The average molecular weight is 312 g/mol. The number of ether oxygens (including phenoxy) is 2. The van der Waals surface area contributed by atoms with Gasteiger partial charge in [-0.05, 0) is 36.2 Å². The number of para-hydroxylation sites is 1. The van der Waals surface area contributed by atoms with Crippen LogP contribution in [0.1, 0.15) is 35.4 Å². The SMILES string of the molecule is CCCOc1ccc(C2NC(=O)c3ccccc3N2)cc1OC. The highest BCUT2D eigenvalue weighted by Gasteiger charge is 2.24. The Hall–Kier alpha value is -2.69. The normalized spacial score (nSPS) is 16.1. The maximum absolute atomic E-state index is 12.2. The highest BCUT2D eigenvalue weighted by molar-refractivity contribution is 6.01. The molecule has 23 heavy (non-hydrogen) atoms. The molecule has 5 heteroatoms. The first-order chi connectivity index (χ1) is 11.2. The number of benzene rings is 2. The van der Waals surface area contributed by atoms with Crippen molar-refractivity contribution in [1.29, 1.82) is 0 Å². The number of nitrogens with one attached hydrogen (secondary N) is 2. The largest absolute Gasteiger partial charge is 0.493 e. The van der Waals surface area contributed by atoms with E-state index in [4.69, 9.17) is 9.47 Å². The van der Waals surface area contributed by atoms with Crippen LogP contribution in [0.3, 0.4) is 0 Å². The molecule has 2 aromatic carbocycles. The third-order valence-electron chi connectivity index (χ3n) is 3.73. The molecule has 0 spiro atoms. The lowest BCUT2D eigenvalue weighted by atomic mass is 10.1. The molecule has 0 saturated heterocycles. The summed E-state index contributed by atoms with van der Waals surface area (Å²) >= 11 is 0. The molecule has 1 heterocycles. The van der Waals surface area contributed by atoms with E-state index in [1.54, 1.807) is 13.2 Å². The van der Waals surface area contributed by atoms with E-state index in [-0.39, 0.29) is 12.1 Å². The first-order valence-electron chi connectivity index (χ1n) is 7.70. The zero-order valence-electron chi connectivity index (χ0n) is 13.3. The molecule has 3 rings (SSSR count). The van der Waals surface area contributed by atoms with E-state index < -0.39 is 0 Å². The molecule has 1 aliphatic rings. The lowest BCUT2D eigenvalue weighted by Gasteiger charge is -2.28. The van der Waals surface area contributed by atoms with Crippen LogP contribution in [0.2, 0.25) is 0 Å². The van der Waals surface area contributed by atoms with Crippen LogP contribution < -0.4 is 20.1 Å². The van der Waals surface area contributed by atoms with E-state index >= 15 is 0 Å². The second kappa shape index (κ2) is 6.60. The summed E-state index contributed by atoms with van der Waals surface area (Å²) in [6.07, 6.45) is 0.633. The van der Waals surface area contributed by atoms with E-state index in [1.165, 1.54) is 0 Å². The van der Waals surface area contributed by atoms with Crippen molar-refractivity contribution in [2.75, 3.05) is 19.0 Å². The summed E-state index contributed by atoms with van der Waals surface area (Å²) in [6, 6.07) is 13.1. The highest BCUT2D eigenvalue weighted by Crippen LogP contribution is 2.33. The molecule has 5 nitrogen and oxygen atoms in total. The van der Waals surface area contributed by atoms with Gasteiger partial charge in [0.05, 0.1) is 19.3 Å². The summed E-state index contributed by atoms with van der Waals surface area (Å²) in [5.74, 6) is 1.28. The molecule has 1 atom stereocenters. The van der Waals surface area contributed by atoms with Gasteiger partial charge < -0.3 is 20.1 Å². The number of hydrogen-bond acceptors (Lipinski definition) is 4. The zero-order valence-corrected chi connectivity index (χ0v) is 13.3. The Morgan fingerprint density at radius 1 is 1.09 bits per heavy atom. The van der Waals surface area contributed by atoms with Gasteiger partial charge in [-0.2, -0.15) is 0 Å². The third-order valence-corrected chi connectivity index (χ3v) is 3.73. The van der Waals surface area contributed by atoms with Crippen molar-refractivity contribution in [3.63, 3.8) is 0 Å². The minimum Gasteiger partial charge on any atom is -0.493 e. The number of carbonyl (C=O) groups is 1. The summed E-state index contributed by atoms with van der Waals surface area (Å²) in [5, 5.41) is 6.29. The van der Waals surface area contributed by atoms with Crippen LogP contribution in [0.15, 0.2) is 42.5 Å². The Bertz CT molecular complexity index is 715. The second-order valence-electron chi connectivity index (χ2n) is 5.36. The summed E-state index contributed by atoms with van der Waals surface area (Å²) < 4.78 is 11.1. The zero-order chi connectivity index (χ0) is 16.2. The van der Waals surface area contributed by atoms with Crippen molar-refractivity contribution in [2.45, 2.75) is 19.5 Å². The Balaban J connectivity index is 1.86. The first-order valence-corrected chi connectivity index (χ1v) is 7.70. The predicted octanol–water partition coefficient (Wildman–Crippen LogP) is 3.34. The van der Waals surface area contributed by atoms with Gasteiger partial charge in [-0.1, -0.05) is 25.1 Å². The Morgan fingerprint density at radius 2 is 1.91 bits per heavy atom. The number of fused-ring (bicyclic) bond motifs is 1. The Morgan fingerprint density at radius 3 is 2.70 bits per heavy atom. The average Bonchev–Trinajstić information content (AvgIpc) is 2.59. The standard InChI is InChI=1S/C18H20N2O3/c1-3-10-23-15-9-8-12(11-16(15)22-2)17-19-14-7-5-4-6-13(14)18(21)20-17/h4-9,11,17,19H,3,10H2,1-2H3,(H,20,21). The molecule has 0 fully saturated rings. The topological polar surface area (TPSA) is 59.6 Å². The van der Waals surface area contributed by atoms with E-state index in [1.807, 2.05) is 36.4 Å². The van der Waals surface area contributed by atoms with E-state index in [0.717, 1.165) is 17.7 Å². The van der Waals surface area contributed by atoms with Crippen LogP contribution in [-0.2, 0) is 0 Å². The van der Waals surface area contributed by atoms with Gasteiger partial charge in [-0.3, -0.25) is 4.79 Å². The van der Waals surface area contributed by atoms with Crippen molar-refractivity contribution in [1.82, 2.24) is 5.32 Å². The molecular weight excluding hydrogens is 292 g/mol. The highest BCUT2D eigenvalue weighted by atomic mass is 16.5. The van der Waals surface area contributed by atoms with Gasteiger partial charge >= 0.3 is 0 Å². The maximum Gasteiger partial charge on any atom is 0.255 e. The molecule has 2 aromatic rings. The van der Waals surface area contributed by atoms with Gasteiger partial charge in [0.25, 0.3) is 5.91 Å². The van der Waals surface area contributed by atoms with Crippen LogP contribution in [0.5, 0.6) is 11.5 Å². The molecule has 1 amide bonds. The van der Waals surface area contributed by atoms with Crippen LogP contribution in [-0.4, -0.2) is 19.6 Å². The van der Waals surface area contributed by atoms with Crippen molar-refractivity contribution >= 4 is 11.6 Å². The molecular formula is C18H20N2O3. The van der Waals surface area contributed by atoms with Gasteiger partial charge in [-0.25, -0.2) is 0 Å². The van der Waals surface area contributed by atoms with E-state index in [0.29, 0.717) is 23.7 Å². The number of anilines is 1. The fourth-order valence-corrected chi connectivity index (χ4v) is 2.57. The number of rotatable bonds is 5. The van der Waals surface area contributed by atoms with Gasteiger partial charge in [0.2, 0.25) is 0 Å². The van der Waals surface area contributed by atoms with Crippen LogP contribution in [0.4, 0.5) is 5.69 Å². The minimum absolute atomic E-state index is 0.0883. The molecule has 0 aromatic heterocycles. The van der Waals surface area contributed by atoms with Gasteiger partial charge in [0.15, 0.2) is 11.5 Å². The summed E-state index contributed by atoms with van der Waals surface area (Å²) in [7, 11) is 1.61. The van der Waals surface area contributed by atoms with Crippen LogP contribution in [0, 0.1) is 0 Å². The summed E-state index contributed by atoms with van der Waals surface area (Å²) in [4.78, 5) is 12.2. The van der Waals surface area contributed by atoms with Gasteiger partial charge in [-0.15, -0.1) is 0 Å². The third kappa shape index (κ3) is 3.08. The quantitative estimate of drug-likeness (QED) is 0.889. The minimum atomic E-state index is -0.300. The van der Waals surface area contributed by atoms with Crippen molar-refractivity contribution in [2.24, 2.45) is 0 Å². The molecule has 0 aliphatic carbocycles. The van der Waals surface area contributed by atoms with Crippen LogP contribution >= 0.6 is 0 Å². The lowest BCUT2D eigenvalue weighted by molar-refractivity contribution is 0.0935. The van der Waals surface area contributed by atoms with Crippen LogP contribution in [0.25, 0.3) is 0 Å². The van der Waals surface area contributed by atoms with E-state index in [2.05, 4.69) is 17.6 Å². The molecule has 0 saturated carbocycles. The Labute approximate surface area is 135 Å². The molecule has 120 valence electrons. The molecule has 1 unspecified atom stereocenters. The molecule has 1 aliphatic heterocycles. The fourth-order valence-electron chi connectivity index (χ4n) is 2.57. The van der Waals surface area contributed by atoms with Crippen molar-refractivity contribution in [3.05, 3.63) is 53.6 Å².